The van der Waals surface area contributed by atoms with Gasteiger partial charge >= 0.3 is 0 Å². The number of hydrogen-bond donors (Lipinski definition) is 4. The summed E-state index contributed by atoms with van der Waals surface area (Å²) in [5.41, 5.74) is 10.2. The van der Waals surface area contributed by atoms with Gasteiger partial charge in [0.05, 0.1) is 0 Å². The van der Waals surface area contributed by atoms with Gasteiger partial charge in [-0.1, -0.05) is 7.43 Å². The maximum Gasteiger partial charge on any atom is 0.252 e. The molecule has 15 heteroatoms. The highest BCUT2D eigenvalue weighted by Crippen LogP contribution is 2.11. The minimum absolute atomic E-state index is 0. The number of aromatic amines is 1. The lowest BCUT2D eigenvalue weighted by molar-refractivity contribution is -0.0647. The number of nitrogen functional groups attached to an aromatic ring is 1. The third-order valence-electron chi connectivity index (χ3n) is 1.86. The molecule has 14 nitrogen and oxygen atoms in total. The van der Waals surface area contributed by atoms with Crippen LogP contribution in [0.4, 0.5) is 5.95 Å². The lowest BCUT2D eigenvalue weighted by atomic mass is 10.5. The fourth-order valence-corrected chi connectivity index (χ4v) is 1.35. The van der Waals surface area contributed by atoms with Gasteiger partial charge in [0.25, 0.3) is 5.56 Å². The number of nitrogens with two attached hydrogens (primary N) is 1. The van der Waals surface area contributed by atoms with Crippen LogP contribution in [0.1, 0.15) is 13.1 Å². The number of H-pyrrole nitrogens is 1. The second kappa shape index (κ2) is 19.9. The van der Waals surface area contributed by atoms with Crippen molar-refractivity contribution in [1.82, 2.24) is 20.9 Å². The van der Waals surface area contributed by atoms with Crippen LogP contribution >= 0.6 is 9.03 Å². The van der Waals surface area contributed by atoms with Crippen LogP contribution in [0.25, 0.3) is 0 Å². The van der Waals surface area contributed by atoms with Crippen LogP contribution in [-0.2, 0) is 28.3 Å². The minimum atomic E-state index is -0.289. The van der Waals surface area contributed by atoms with Crippen LogP contribution in [0, 0.1) is 6.92 Å². The van der Waals surface area contributed by atoms with Gasteiger partial charge in [-0.25, -0.2) is 14.6 Å². The van der Waals surface area contributed by atoms with Crippen LogP contribution < -0.4 is 22.3 Å². The molecule has 1 rings (SSSR count). The summed E-state index contributed by atoms with van der Waals surface area (Å²) < 4.78 is 9.66. The van der Waals surface area contributed by atoms with Crippen LogP contribution in [0.2, 0.25) is 0 Å². The molecule has 0 bridgehead atoms. The van der Waals surface area contributed by atoms with Gasteiger partial charge in [-0.05, 0) is 6.92 Å². The van der Waals surface area contributed by atoms with Crippen molar-refractivity contribution in [3.8, 4) is 0 Å². The maximum absolute atomic E-state index is 10.5. The molecule has 0 saturated carbocycles. The van der Waals surface area contributed by atoms with E-state index in [1.165, 1.54) is 18.2 Å². The van der Waals surface area contributed by atoms with Gasteiger partial charge < -0.3 is 14.8 Å². The van der Waals surface area contributed by atoms with Crippen molar-refractivity contribution in [3.63, 3.8) is 0 Å². The third kappa shape index (κ3) is 19.8. The Morgan fingerprint density at radius 1 is 1.19 bits per heavy atom. The Balaban J connectivity index is 0. The number of rotatable bonds is 12. The number of aryl methyl sites for hydroxylation is 1. The second-order valence-corrected chi connectivity index (χ2v) is 4.52. The van der Waals surface area contributed by atoms with E-state index in [-0.39, 0.29) is 54.9 Å². The SMILES string of the molecule is C.Cc1cc(=O)[nH]c(N)n1.O=C=NCNOCOPOCONCN=C=O. The molecule has 0 aliphatic heterocycles. The highest BCUT2D eigenvalue weighted by molar-refractivity contribution is 7.26. The molecule has 0 atom stereocenters. The first-order valence-corrected chi connectivity index (χ1v) is 7.50. The smallest absolute Gasteiger partial charge is 0.252 e. The van der Waals surface area contributed by atoms with E-state index in [4.69, 9.17) is 14.8 Å². The molecule has 0 spiro atoms. The molecule has 1 heterocycles. The van der Waals surface area contributed by atoms with Crippen molar-refractivity contribution in [2.75, 3.05) is 32.7 Å². The Bertz CT molecular complexity index is 598. The van der Waals surface area contributed by atoms with E-state index < -0.39 is 0 Å². The molecule has 0 aliphatic carbocycles. The minimum Gasteiger partial charge on any atom is -0.369 e. The van der Waals surface area contributed by atoms with Crippen LogP contribution in [0.15, 0.2) is 20.8 Å². The van der Waals surface area contributed by atoms with Crippen molar-refractivity contribution in [3.05, 3.63) is 22.1 Å². The molecule has 1 aromatic rings. The van der Waals surface area contributed by atoms with Crippen LogP contribution in [0.5, 0.6) is 0 Å². The number of aromatic nitrogens is 2. The number of aliphatic imine (C=N–C) groups is 2. The number of carbonyl (C=O) groups excluding carboxylic acids is 2. The van der Waals surface area contributed by atoms with Gasteiger partial charge in [-0.15, -0.1) is 0 Å². The Kier molecular flexibility index (Phi) is 19.8. The number of isocyanates is 2. The summed E-state index contributed by atoms with van der Waals surface area (Å²) in [5, 5.41) is 0. The summed E-state index contributed by atoms with van der Waals surface area (Å²) in [4.78, 5) is 51.5. The first-order valence-electron chi connectivity index (χ1n) is 6.68. The van der Waals surface area contributed by atoms with Crippen molar-refractivity contribution >= 4 is 27.1 Å². The molecule has 152 valence electrons. The van der Waals surface area contributed by atoms with Crippen molar-refractivity contribution < 1.29 is 28.3 Å². The topological polar surface area (TPSA) is 192 Å². The first kappa shape index (κ1) is 26.9. The number of nitrogens with one attached hydrogen (secondary N) is 3. The average molecular weight is 407 g/mol. The summed E-state index contributed by atoms with van der Waals surface area (Å²) in [6.07, 6.45) is 2.64. The number of nitrogens with zero attached hydrogens (tertiary/aromatic N) is 3. The standard InChI is InChI=1S/C6H11N4O6P.C5H7N3O.CH4/c11-3-7-1-9-13-5-15-17-16-6-14-10-2-8-4-12;1-3-2-4(9)8-5(6)7-3;/h9-10,17H,1-2,5-6H2;2H,1H3,(H3,6,7,8,9);1H4. The van der Waals surface area contributed by atoms with Gasteiger partial charge in [-0.2, -0.15) is 20.9 Å². The zero-order chi connectivity index (χ0) is 19.5. The van der Waals surface area contributed by atoms with E-state index in [1.54, 1.807) is 6.92 Å². The summed E-state index contributed by atoms with van der Waals surface area (Å²) in [6, 6.07) is 1.39. The van der Waals surface area contributed by atoms with Crippen molar-refractivity contribution in [1.29, 1.82) is 0 Å². The quantitative estimate of drug-likeness (QED) is 0.0861. The summed E-state index contributed by atoms with van der Waals surface area (Å²) in [5.74, 6) is 0.167. The van der Waals surface area contributed by atoms with Crippen LogP contribution in [0.3, 0.4) is 0 Å². The Morgan fingerprint density at radius 2 is 1.70 bits per heavy atom. The van der Waals surface area contributed by atoms with Crippen molar-refractivity contribution in [2.45, 2.75) is 14.4 Å². The fourth-order valence-electron chi connectivity index (χ4n) is 1.05. The number of hydrogen-bond acceptors (Lipinski definition) is 13. The zero-order valence-electron chi connectivity index (χ0n) is 13.7. The molecule has 0 aromatic carbocycles. The van der Waals surface area contributed by atoms with E-state index in [0.717, 1.165) is 0 Å². The fraction of sp³-hybridized carbons (Fsp3) is 0.500. The highest BCUT2D eigenvalue weighted by atomic mass is 31.1. The van der Waals surface area contributed by atoms with Gasteiger partial charge in [0.2, 0.25) is 18.1 Å². The molecule has 0 radical (unpaired) electrons. The molecule has 27 heavy (non-hydrogen) atoms. The Hall–Kier alpha value is -2.37. The predicted molar refractivity (Wildman–Crippen MR) is 95.4 cm³/mol. The first-order chi connectivity index (χ1) is 12.6. The van der Waals surface area contributed by atoms with E-state index in [9.17, 15) is 14.4 Å². The van der Waals surface area contributed by atoms with E-state index in [2.05, 4.69) is 40.6 Å². The Labute approximate surface area is 156 Å². The van der Waals surface area contributed by atoms with Crippen molar-refractivity contribution in [2.24, 2.45) is 9.98 Å². The molecule has 0 aliphatic rings. The summed E-state index contributed by atoms with van der Waals surface area (Å²) >= 11 is 0. The number of hydroxylamine groups is 2. The lowest BCUT2D eigenvalue weighted by Gasteiger charge is -2.05. The van der Waals surface area contributed by atoms with E-state index in [0.29, 0.717) is 5.69 Å². The van der Waals surface area contributed by atoms with E-state index >= 15 is 0 Å². The molecule has 5 N–H and O–H groups in total. The Morgan fingerprint density at radius 3 is 2.11 bits per heavy atom. The van der Waals surface area contributed by atoms with Crippen LogP contribution in [-0.4, -0.2) is 49.1 Å². The zero-order valence-corrected chi connectivity index (χ0v) is 14.7. The molecular weight excluding hydrogens is 385 g/mol. The van der Waals surface area contributed by atoms with Gasteiger partial charge in [0.1, 0.15) is 13.3 Å². The van der Waals surface area contributed by atoms with E-state index in [1.807, 2.05) is 0 Å². The molecular formula is C12H22N7O7P. The maximum atomic E-state index is 10.5. The molecule has 0 unspecified atom stereocenters. The molecule has 0 saturated heterocycles. The largest absolute Gasteiger partial charge is 0.369 e. The van der Waals surface area contributed by atoms with Gasteiger partial charge in [-0.3, -0.25) is 19.5 Å². The summed E-state index contributed by atoms with van der Waals surface area (Å²) in [7, 11) is -0.289. The normalized spacial score (nSPS) is 9.52. The summed E-state index contributed by atoms with van der Waals surface area (Å²) in [6.45, 7) is 1.57. The monoisotopic (exact) mass is 407 g/mol. The highest BCUT2D eigenvalue weighted by Gasteiger charge is 1.90. The molecule has 1 aromatic heterocycles. The molecule has 0 fully saturated rings. The third-order valence-corrected chi connectivity index (χ3v) is 2.33. The predicted octanol–water partition coefficient (Wildman–Crippen LogP) is -0.631. The van der Waals surface area contributed by atoms with Gasteiger partial charge in [0, 0.05) is 11.8 Å². The second-order valence-electron chi connectivity index (χ2n) is 3.77. The van der Waals surface area contributed by atoms with Gasteiger partial charge in [0.15, 0.2) is 22.6 Å². The molecule has 0 amide bonds. The number of anilines is 1. The lowest BCUT2D eigenvalue weighted by Crippen LogP contribution is -2.16. The average Bonchev–Trinajstić information content (AvgIpc) is 2.58.